The van der Waals surface area contributed by atoms with E-state index in [1.165, 1.54) is 16.7 Å². The van der Waals surface area contributed by atoms with Crippen LogP contribution in [0.15, 0.2) is 47.4 Å². The highest BCUT2D eigenvalue weighted by atomic mass is 32.2. The summed E-state index contributed by atoms with van der Waals surface area (Å²) in [6.45, 7) is 0.341. The minimum Gasteiger partial charge on any atom is -0.481 e. The first-order valence-corrected chi connectivity index (χ1v) is 9.71. The molecule has 1 aliphatic rings. The molecule has 25 heavy (non-hydrogen) atoms. The summed E-state index contributed by atoms with van der Waals surface area (Å²) < 4.78 is 0.487. The molecule has 1 aromatic carbocycles. The van der Waals surface area contributed by atoms with E-state index < -0.39 is 5.97 Å². The fourth-order valence-corrected chi connectivity index (χ4v) is 4.73. The number of aliphatic carboxylic acids is 1. The number of hydrogen-bond donors (Lipinski definition) is 1. The van der Waals surface area contributed by atoms with Gasteiger partial charge in [-0.25, -0.2) is 0 Å². The maximum absolute atomic E-state index is 12.5. The van der Waals surface area contributed by atoms with Crippen LogP contribution < -0.4 is 0 Å². The maximum Gasteiger partial charge on any atom is 0.303 e. The number of carbonyl (C=O) groups is 2. The van der Waals surface area contributed by atoms with E-state index in [1.807, 2.05) is 36.4 Å². The molecule has 2 heterocycles. The van der Waals surface area contributed by atoms with E-state index >= 15 is 0 Å². The summed E-state index contributed by atoms with van der Waals surface area (Å²) in [6.07, 6.45) is 2.28. The number of nitrogens with zero attached hydrogens (tertiary/aromatic N) is 1. The van der Waals surface area contributed by atoms with Crippen molar-refractivity contribution in [2.75, 3.05) is 6.54 Å². The number of thiocarbonyl (C=S) groups is 1. The summed E-state index contributed by atoms with van der Waals surface area (Å²) in [5.74, 6) is -1.01. The number of thioether (sulfide) groups is 1. The normalized spacial score (nSPS) is 16.0. The van der Waals surface area contributed by atoms with Gasteiger partial charge in [-0.2, -0.15) is 0 Å². The lowest BCUT2D eigenvalue weighted by Crippen LogP contribution is -2.29. The quantitative estimate of drug-likeness (QED) is 0.583. The Morgan fingerprint density at radius 2 is 1.96 bits per heavy atom. The van der Waals surface area contributed by atoms with E-state index in [9.17, 15) is 9.59 Å². The molecular formula is C18H15NO3S3. The Labute approximate surface area is 159 Å². The van der Waals surface area contributed by atoms with Gasteiger partial charge in [-0.1, -0.05) is 54.3 Å². The van der Waals surface area contributed by atoms with E-state index in [-0.39, 0.29) is 12.3 Å². The average molecular weight is 390 g/mol. The molecule has 1 aliphatic heterocycles. The van der Waals surface area contributed by atoms with Gasteiger partial charge in [-0.3, -0.25) is 14.5 Å². The van der Waals surface area contributed by atoms with Gasteiger partial charge in [-0.05, 0) is 30.2 Å². The molecule has 3 rings (SSSR count). The van der Waals surface area contributed by atoms with Gasteiger partial charge >= 0.3 is 5.97 Å². The van der Waals surface area contributed by atoms with Gasteiger partial charge in [0.05, 0.1) is 4.91 Å². The molecule has 1 aromatic heterocycles. The zero-order chi connectivity index (χ0) is 17.8. The average Bonchev–Trinajstić information content (AvgIpc) is 3.16. The molecule has 1 fully saturated rings. The first kappa shape index (κ1) is 17.8. The lowest BCUT2D eigenvalue weighted by molar-refractivity contribution is -0.137. The molecule has 2 aromatic rings. The maximum atomic E-state index is 12.5. The minimum absolute atomic E-state index is 0.0292. The van der Waals surface area contributed by atoms with Gasteiger partial charge < -0.3 is 5.11 Å². The summed E-state index contributed by atoms with van der Waals surface area (Å²) in [5.41, 5.74) is 1.15. The molecule has 0 saturated carbocycles. The second kappa shape index (κ2) is 7.95. The fraction of sp³-hybridized carbons (Fsp3) is 0.167. The summed E-state index contributed by atoms with van der Waals surface area (Å²) >= 11 is 8.14. The van der Waals surface area contributed by atoms with Crippen LogP contribution in [0.25, 0.3) is 16.5 Å². The first-order chi connectivity index (χ1) is 12.0. The van der Waals surface area contributed by atoms with Crippen molar-refractivity contribution in [1.82, 2.24) is 4.90 Å². The zero-order valence-electron chi connectivity index (χ0n) is 13.2. The molecule has 4 nitrogen and oxygen atoms in total. The zero-order valence-corrected chi connectivity index (χ0v) is 15.6. The van der Waals surface area contributed by atoms with Crippen molar-refractivity contribution >= 4 is 57.6 Å². The highest BCUT2D eigenvalue weighted by Crippen LogP contribution is 2.35. The third kappa shape index (κ3) is 4.36. The van der Waals surface area contributed by atoms with Crippen molar-refractivity contribution in [1.29, 1.82) is 0 Å². The molecular weight excluding hydrogens is 374 g/mol. The number of amides is 1. The number of rotatable bonds is 6. The van der Waals surface area contributed by atoms with Gasteiger partial charge in [0.15, 0.2) is 0 Å². The molecule has 0 radical (unpaired) electrons. The molecule has 0 spiro atoms. The summed E-state index contributed by atoms with van der Waals surface area (Å²) in [5, 5.41) is 8.71. The fourth-order valence-electron chi connectivity index (χ4n) is 2.40. The molecule has 7 heteroatoms. The summed E-state index contributed by atoms with van der Waals surface area (Å²) in [7, 11) is 0. The Hall–Kier alpha value is -1.96. The number of carbonyl (C=O) groups excluding carboxylic acids is 1. The van der Waals surface area contributed by atoms with Crippen molar-refractivity contribution in [3.05, 3.63) is 52.2 Å². The van der Waals surface area contributed by atoms with Crippen molar-refractivity contribution < 1.29 is 14.7 Å². The van der Waals surface area contributed by atoms with Crippen LogP contribution in [0.5, 0.6) is 0 Å². The number of benzene rings is 1. The molecule has 1 N–H and O–H groups in total. The van der Waals surface area contributed by atoms with E-state index in [1.54, 1.807) is 11.3 Å². The van der Waals surface area contributed by atoms with Crippen molar-refractivity contribution in [2.45, 2.75) is 12.8 Å². The summed E-state index contributed by atoms with van der Waals surface area (Å²) in [6, 6.07) is 14.1. The Morgan fingerprint density at radius 1 is 1.20 bits per heavy atom. The molecule has 0 bridgehead atoms. The van der Waals surface area contributed by atoms with Crippen molar-refractivity contribution in [3.63, 3.8) is 0 Å². The standard InChI is InChI=1S/C18H15NO3S3/c20-16(21)7-4-10-19-17(22)15(25-18(19)23)11-13-8-9-14(24-13)12-5-2-1-3-6-12/h1-3,5-6,8-9,11H,4,7,10H2,(H,20,21). The highest BCUT2D eigenvalue weighted by Gasteiger charge is 2.31. The van der Waals surface area contributed by atoms with Crippen LogP contribution in [0.2, 0.25) is 0 Å². The van der Waals surface area contributed by atoms with Gasteiger partial charge in [0.2, 0.25) is 0 Å². The van der Waals surface area contributed by atoms with Gasteiger partial charge in [-0.15, -0.1) is 11.3 Å². The highest BCUT2D eigenvalue weighted by molar-refractivity contribution is 8.26. The molecule has 128 valence electrons. The Balaban J connectivity index is 1.72. The molecule has 0 unspecified atom stereocenters. The minimum atomic E-state index is -0.868. The molecule has 1 amide bonds. The van der Waals surface area contributed by atoms with Crippen LogP contribution >= 0.6 is 35.3 Å². The number of hydrogen-bond acceptors (Lipinski definition) is 5. The number of thiophene rings is 1. The largest absolute Gasteiger partial charge is 0.481 e. The van der Waals surface area contributed by atoms with E-state index in [0.717, 1.165) is 15.3 Å². The van der Waals surface area contributed by atoms with Crippen LogP contribution in [0, 0.1) is 0 Å². The Kier molecular flexibility index (Phi) is 5.67. The molecule has 0 aliphatic carbocycles. The van der Waals surface area contributed by atoms with E-state index in [0.29, 0.717) is 22.2 Å². The SMILES string of the molecule is O=C(O)CCCN1C(=O)C(=Cc2ccc(-c3ccccc3)s2)SC1=S. The smallest absolute Gasteiger partial charge is 0.303 e. The molecule has 1 saturated heterocycles. The third-order valence-electron chi connectivity index (χ3n) is 3.60. The Bertz CT molecular complexity index is 842. The second-order valence-corrected chi connectivity index (χ2v) is 8.19. The lowest BCUT2D eigenvalue weighted by atomic mass is 10.2. The predicted molar refractivity (Wildman–Crippen MR) is 107 cm³/mol. The lowest BCUT2D eigenvalue weighted by Gasteiger charge is -2.13. The number of carboxylic acid groups (broad SMARTS) is 1. The van der Waals surface area contributed by atoms with Crippen molar-refractivity contribution in [3.8, 4) is 10.4 Å². The van der Waals surface area contributed by atoms with Crippen LogP contribution in [-0.4, -0.2) is 32.7 Å². The van der Waals surface area contributed by atoms with Gasteiger partial charge in [0, 0.05) is 22.7 Å². The second-order valence-electron chi connectivity index (χ2n) is 5.40. The van der Waals surface area contributed by atoms with Gasteiger partial charge in [0.25, 0.3) is 5.91 Å². The van der Waals surface area contributed by atoms with Gasteiger partial charge in [0.1, 0.15) is 4.32 Å². The van der Waals surface area contributed by atoms with Crippen LogP contribution in [0.1, 0.15) is 17.7 Å². The molecule has 0 atom stereocenters. The van der Waals surface area contributed by atoms with Crippen LogP contribution in [-0.2, 0) is 9.59 Å². The summed E-state index contributed by atoms with van der Waals surface area (Å²) in [4.78, 5) is 27.3. The topological polar surface area (TPSA) is 57.6 Å². The van der Waals surface area contributed by atoms with E-state index in [4.69, 9.17) is 17.3 Å². The van der Waals surface area contributed by atoms with E-state index in [2.05, 4.69) is 12.1 Å². The Morgan fingerprint density at radius 3 is 2.68 bits per heavy atom. The third-order valence-corrected chi connectivity index (χ3v) is 6.06. The van der Waals surface area contributed by atoms with Crippen LogP contribution in [0.4, 0.5) is 0 Å². The van der Waals surface area contributed by atoms with Crippen molar-refractivity contribution in [2.24, 2.45) is 0 Å². The first-order valence-electron chi connectivity index (χ1n) is 7.67. The predicted octanol–water partition coefficient (Wildman–Crippen LogP) is 4.48. The monoisotopic (exact) mass is 389 g/mol. The van der Waals surface area contributed by atoms with Crippen LogP contribution in [0.3, 0.4) is 0 Å². The number of carboxylic acids is 1.